The standard InChI is InChI=1S/C19H22N2O3S/c1-13-5-7-15(8-6-13)18-20-16(12-25-18)19(23)24-11-17(22)21-9-3-4-14(2)10-21/h5-8,12,14H,3-4,9-11H2,1-2H3/t14-/m1/s1. The first-order valence-corrected chi connectivity index (χ1v) is 9.38. The Kier molecular flexibility index (Phi) is 5.48. The lowest BCUT2D eigenvalue weighted by Crippen LogP contribution is -2.41. The summed E-state index contributed by atoms with van der Waals surface area (Å²) in [4.78, 5) is 30.4. The number of hydrogen-bond acceptors (Lipinski definition) is 5. The molecular formula is C19H22N2O3S. The lowest BCUT2D eigenvalue weighted by atomic mass is 10.0. The van der Waals surface area contributed by atoms with E-state index in [-0.39, 0.29) is 18.2 Å². The number of amides is 1. The second-order valence-corrected chi connectivity index (χ2v) is 7.43. The molecule has 25 heavy (non-hydrogen) atoms. The van der Waals surface area contributed by atoms with Crippen LogP contribution in [0.15, 0.2) is 29.6 Å². The van der Waals surface area contributed by atoms with E-state index >= 15 is 0 Å². The minimum atomic E-state index is -0.548. The molecule has 1 aliphatic heterocycles. The average Bonchev–Trinajstić information content (AvgIpc) is 3.10. The number of carbonyl (C=O) groups is 2. The lowest BCUT2D eigenvalue weighted by Gasteiger charge is -2.30. The summed E-state index contributed by atoms with van der Waals surface area (Å²) >= 11 is 1.39. The SMILES string of the molecule is Cc1ccc(-c2nc(C(=O)OCC(=O)N3CCC[C@@H](C)C3)cs2)cc1. The lowest BCUT2D eigenvalue weighted by molar-refractivity contribution is -0.136. The molecule has 0 bridgehead atoms. The molecule has 2 aromatic rings. The summed E-state index contributed by atoms with van der Waals surface area (Å²) in [6, 6.07) is 7.97. The maximum Gasteiger partial charge on any atom is 0.358 e. The Morgan fingerprint density at radius 3 is 2.80 bits per heavy atom. The van der Waals surface area contributed by atoms with Crippen LogP contribution >= 0.6 is 11.3 Å². The van der Waals surface area contributed by atoms with Crippen LogP contribution in [0.5, 0.6) is 0 Å². The number of hydrogen-bond donors (Lipinski definition) is 0. The predicted molar refractivity (Wildman–Crippen MR) is 97.5 cm³/mol. The number of likely N-dealkylation sites (tertiary alicyclic amines) is 1. The highest BCUT2D eigenvalue weighted by Crippen LogP contribution is 2.24. The number of benzene rings is 1. The monoisotopic (exact) mass is 358 g/mol. The maximum atomic E-state index is 12.2. The van der Waals surface area contributed by atoms with Gasteiger partial charge in [0, 0.05) is 24.0 Å². The molecule has 0 aliphatic carbocycles. The van der Waals surface area contributed by atoms with Crippen molar-refractivity contribution in [1.82, 2.24) is 9.88 Å². The molecule has 0 spiro atoms. The second-order valence-electron chi connectivity index (χ2n) is 6.57. The highest BCUT2D eigenvalue weighted by molar-refractivity contribution is 7.13. The number of carbonyl (C=O) groups excluding carboxylic acids is 2. The summed E-state index contributed by atoms with van der Waals surface area (Å²) in [5.41, 5.74) is 2.39. The highest BCUT2D eigenvalue weighted by Gasteiger charge is 2.22. The largest absolute Gasteiger partial charge is 0.451 e. The quantitative estimate of drug-likeness (QED) is 0.785. The summed E-state index contributed by atoms with van der Waals surface area (Å²) in [7, 11) is 0. The average molecular weight is 358 g/mol. The van der Waals surface area contributed by atoms with E-state index in [4.69, 9.17) is 4.74 Å². The van der Waals surface area contributed by atoms with Gasteiger partial charge in [0.15, 0.2) is 12.3 Å². The Morgan fingerprint density at radius 1 is 1.32 bits per heavy atom. The Balaban J connectivity index is 1.56. The number of thiazole rings is 1. The Labute approximate surface area is 151 Å². The third-order valence-electron chi connectivity index (χ3n) is 4.35. The summed E-state index contributed by atoms with van der Waals surface area (Å²) in [5.74, 6) is -0.175. The normalized spacial score (nSPS) is 17.4. The Hall–Kier alpha value is -2.21. The summed E-state index contributed by atoms with van der Waals surface area (Å²) in [6.45, 7) is 5.42. The smallest absolute Gasteiger partial charge is 0.358 e. The van der Waals surface area contributed by atoms with E-state index in [0.717, 1.165) is 36.5 Å². The fourth-order valence-corrected chi connectivity index (χ4v) is 3.70. The van der Waals surface area contributed by atoms with Gasteiger partial charge in [0.05, 0.1) is 0 Å². The number of ether oxygens (including phenoxy) is 1. The van der Waals surface area contributed by atoms with E-state index in [1.54, 1.807) is 10.3 Å². The van der Waals surface area contributed by atoms with Crippen LogP contribution in [0.3, 0.4) is 0 Å². The molecule has 1 aromatic heterocycles. The van der Waals surface area contributed by atoms with Crippen molar-refractivity contribution < 1.29 is 14.3 Å². The van der Waals surface area contributed by atoms with Gasteiger partial charge in [-0.3, -0.25) is 4.79 Å². The predicted octanol–water partition coefficient (Wildman–Crippen LogP) is 3.53. The number of rotatable bonds is 4. The van der Waals surface area contributed by atoms with Gasteiger partial charge in [0.1, 0.15) is 5.01 Å². The van der Waals surface area contributed by atoms with Crippen molar-refractivity contribution in [2.75, 3.05) is 19.7 Å². The first-order chi connectivity index (χ1) is 12.0. The first kappa shape index (κ1) is 17.6. The fraction of sp³-hybridized carbons (Fsp3) is 0.421. The molecule has 0 unspecified atom stereocenters. The molecule has 1 aliphatic rings. The van der Waals surface area contributed by atoms with Crippen molar-refractivity contribution in [1.29, 1.82) is 0 Å². The molecule has 5 nitrogen and oxygen atoms in total. The van der Waals surface area contributed by atoms with Crippen molar-refractivity contribution in [2.24, 2.45) is 5.92 Å². The van der Waals surface area contributed by atoms with Crippen LogP contribution in [0.4, 0.5) is 0 Å². The van der Waals surface area contributed by atoms with Crippen LogP contribution < -0.4 is 0 Å². The fourth-order valence-electron chi connectivity index (χ4n) is 2.90. The van der Waals surface area contributed by atoms with Crippen LogP contribution in [0.2, 0.25) is 0 Å². The number of aromatic nitrogens is 1. The van der Waals surface area contributed by atoms with Gasteiger partial charge < -0.3 is 9.64 Å². The molecule has 6 heteroatoms. The summed E-state index contributed by atoms with van der Waals surface area (Å²) < 4.78 is 5.16. The molecule has 1 fully saturated rings. The first-order valence-electron chi connectivity index (χ1n) is 8.50. The van der Waals surface area contributed by atoms with Gasteiger partial charge >= 0.3 is 5.97 Å². The third-order valence-corrected chi connectivity index (χ3v) is 5.24. The molecule has 0 radical (unpaired) electrons. The van der Waals surface area contributed by atoms with Gasteiger partial charge in [-0.2, -0.15) is 0 Å². The van der Waals surface area contributed by atoms with Gasteiger partial charge in [-0.25, -0.2) is 9.78 Å². The van der Waals surface area contributed by atoms with Gasteiger partial charge in [0.2, 0.25) is 0 Å². The number of piperidine rings is 1. The maximum absolute atomic E-state index is 12.2. The van der Waals surface area contributed by atoms with Crippen LogP contribution in [0, 0.1) is 12.8 Å². The van der Waals surface area contributed by atoms with Crippen molar-refractivity contribution in [3.05, 3.63) is 40.9 Å². The van der Waals surface area contributed by atoms with E-state index in [0.29, 0.717) is 5.92 Å². The zero-order chi connectivity index (χ0) is 17.8. The number of aryl methyl sites for hydroxylation is 1. The second kappa shape index (κ2) is 7.78. The molecule has 0 N–H and O–H groups in total. The van der Waals surface area contributed by atoms with Crippen LogP contribution in [0.25, 0.3) is 10.6 Å². The van der Waals surface area contributed by atoms with E-state index < -0.39 is 5.97 Å². The molecule has 132 valence electrons. The summed E-state index contributed by atoms with van der Waals surface area (Å²) in [6.07, 6.45) is 2.15. The van der Waals surface area contributed by atoms with Crippen LogP contribution in [0.1, 0.15) is 35.8 Å². The molecule has 3 rings (SSSR count). The van der Waals surface area contributed by atoms with Gasteiger partial charge in [-0.1, -0.05) is 36.8 Å². The minimum Gasteiger partial charge on any atom is -0.451 e. The number of esters is 1. The minimum absolute atomic E-state index is 0.131. The molecule has 0 saturated carbocycles. The van der Waals surface area contributed by atoms with Crippen molar-refractivity contribution in [2.45, 2.75) is 26.7 Å². The Bertz CT molecular complexity index is 754. The summed E-state index contributed by atoms with van der Waals surface area (Å²) in [5, 5.41) is 2.44. The van der Waals surface area contributed by atoms with Gasteiger partial charge in [-0.05, 0) is 25.7 Å². The molecule has 2 heterocycles. The van der Waals surface area contributed by atoms with Crippen molar-refractivity contribution >= 4 is 23.2 Å². The third kappa shape index (κ3) is 4.45. The molecular weight excluding hydrogens is 336 g/mol. The van der Waals surface area contributed by atoms with E-state index in [9.17, 15) is 9.59 Å². The van der Waals surface area contributed by atoms with E-state index in [1.807, 2.05) is 31.2 Å². The topological polar surface area (TPSA) is 59.5 Å². The number of nitrogens with zero attached hydrogens (tertiary/aromatic N) is 2. The van der Waals surface area contributed by atoms with E-state index in [2.05, 4.69) is 11.9 Å². The molecule has 1 amide bonds. The van der Waals surface area contributed by atoms with Crippen LogP contribution in [-0.2, 0) is 9.53 Å². The van der Waals surface area contributed by atoms with Crippen molar-refractivity contribution in [3.63, 3.8) is 0 Å². The zero-order valence-electron chi connectivity index (χ0n) is 14.5. The van der Waals surface area contributed by atoms with Crippen molar-refractivity contribution in [3.8, 4) is 10.6 Å². The molecule has 1 saturated heterocycles. The highest BCUT2D eigenvalue weighted by atomic mass is 32.1. The zero-order valence-corrected chi connectivity index (χ0v) is 15.3. The van der Waals surface area contributed by atoms with Gasteiger partial charge in [0.25, 0.3) is 5.91 Å². The molecule has 1 aromatic carbocycles. The van der Waals surface area contributed by atoms with Gasteiger partial charge in [-0.15, -0.1) is 11.3 Å². The van der Waals surface area contributed by atoms with Crippen LogP contribution in [-0.4, -0.2) is 41.5 Å². The van der Waals surface area contributed by atoms with E-state index in [1.165, 1.54) is 16.9 Å². The molecule has 1 atom stereocenters. The Morgan fingerprint density at radius 2 is 2.08 bits per heavy atom.